The van der Waals surface area contributed by atoms with Gasteiger partial charge in [-0.15, -0.1) is 0 Å². The van der Waals surface area contributed by atoms with Crippen LogP contribution in [0.3, 0.4) is 0 Å². The van der Waals surface area contributed by atoms with Gasteiger partial charge in [-0.2, -0.15) is 17.4 Å². The number of nitrogens with one attached hydrogen (secondary N) is 1. The molecule has 2 aliphatic heterocycles. The zero-order valence-electron chi connectivity index (χ0n) is 13.3. The molecule has 3 rings (SSSR count). The minimum absolute atomic E-state index is 0.102. The molecule has 1 aromatic rings. The number of furan rings is 1. The molecule has 2 aliphatic rings. The Morgan fingerprint density at radius 2 is 2.22 bits per heavy atom. The van der Waals surface area contributed by atoms with Gasteiger partial charge in [0.25, 0.3) is 10.2 Å². The average Bonchev–Trinajstić information content (AvgIpc) is 3.19. The van der Waals surface area contributed by atoms with Crippen LogP contribution < -0.4 is 4.72 Å². The number of carbonyl (C=O) groups excluding carboxylic acids is 1. The normalized spacial score (nSPS) is 24.5. The summed E-state index contributed by atoms with van der Waals surface area (Å²) < 4.78 is 34.9. The summed E-state index contributed by atoms with van der Waals surface area (Å²) >= 11 is 0. The van der Waals surface area contributed by atoms with Crippen molar-refractivity contribution in [2.45, 2.75) is 44.7 Å². The van der Waals surface area contributed by atoms with Crippen LogP contribution in [0, 0.1) is 0 Å². The van der Waals surface area contributed by atoms with Gasteiger partial charge in [0, 0.05) is 32.1 Å². The van der Waals surface area contributed by atoms with Crippen molar-refractivity contribution in [1.82, 2.24) is 13.9 Å². The Kier molecular flexibility index (Phi) is 4.74. The Balaban J connectivity index is 1.65. The van der Waals surface area contributed by atoms with Gasteiger partial charge in [0.1, 0.15) is 5.76 Å². The molecule has 0 aliphatic carbocycles. The molecule has 2 saturated heterocycles. The molecule has 0 saturated carbocycles. The third-order valence-corrected chi connectivity index (χ3v) is 6.15. The van der Waals surface area contributed by atoms with Gasteiger partial charge >= 0.3 is 0 Å². The first kappa shape index (κ1) is 16.5. The van der Waals surface area contributed by atoms with Crippen molar-refractivity contribution >= 4 is 16.1 Å². The summed E-state index contributed by atoms with van der Waals surface area (Å²) in [5.41, 5.74) is 0. The van der Waals surface area contributed by atoms with Crippen LogP contribution in [-0.4, -0.2) is 49.2 Å². The molecule has 128 valence electrons. The van der Waals surface area contributed by atoms with Crippen molar-refractivity contribution in [3.63, 3.8) is 0 Å². The standard InChI is InChI=1S/C15H23N3O4S/c1-12(11-17-8-3-7-15(17)19)16-23(20,21)18-9-2-5-13(18)14-6-4-10-22-14/h4,6,10,12-13,16H,2-3,5,7-9,11H2,1H3/t12-,13-/m1/s1. The molecule has 7 nitrogen and oxygen atoms in total. The molecule has 2 fully saturated rings. The van der Waals surface area contributed by atoms with E-state index in [9.17, 15) is 13.2 Å². The molecule has 1 amide bonds. The van der Waals surface area contributed by atoms with E-state index < -0.39 is 10.2 Å². The summed E-state index contributed by atoms with van der Waals surface area (Å²) in [7, 11) is -3.61. The van der Waals surface area contributed by atoms with Gasteiger partial charge < -0.3 is 9.32 Å². The minimum Gasteiger partial charge on any atom is -0.468 e. The van der Waals surface area contributed by atoms with Gasteiger partial charge in [0.05, 0.1) is 12.3 Å². The summed E-state index contributed by atoms with van der Waals surface area (Å²) in [6.07, 6.45) is 4.54. The molecular formula is C15H23N3O4S. The van der Waals surface area contributed by atoms with E-state index >= 15 is 0 Å². The van der Waals surface area contributed by atoms with Crippen LogP contribution in [0.2, 0.25) is 0 Å². The van der Waals surface area contributed by atoms with E-state index in [0.29, 0.717) is 31.8 Å². The van der Waals surface area contributed by atoms with Gasteiger partial charge in [-0.3, -0.25) is 4.79 Å². The Hall–Kier alpha value is -1.38. The van der Waals surface area contributed by atoms with E-state index in [2.05, 4.69) is 4.72 Å². The maximum atomic E-state index is 12.7. The fourth-order valence-electron chi connectivity index (χ4n) is 3.38. The van der Waals surface area contributed by atoms with E-state index in [1.54, 1.807) is 24.2 Å². The van der Waals surface area contributed by atoms with Crippen LogP contribution in [0.25, 0.3) is 0 Å². The molecular weight excluding hydrogens is 318 g/mol. The lowest BCUT2D eigenvalue weighted by Crippen LogP contribution is -2.48. The summed E-state index contributed by atoms with van der Waals surface area (Å²) in [6, 6.07) is 3.02. The number of hydrogen-bond acceptors (Lipinski definition) is 4. The van der Waals surface area contributed by atoms with E-state index in [4.69, 9.17) is 4.42 Å². The first-order chi connectivity index (χ1) is 11.0. The second kappa shape index (κ2) is 6.62. The summed E-state index contributed by atoms with van der Waals surface area (Å²) in [5.74, 6) is 0.779. The lowest BCUT2D eigenvalue weighted by molar-refractivity contribution is -0.127. The van der Waals surface area contributed by atoms with Crippen molar-refractivity contribution in [2.75, 3.05) is 19.6 Å². The predicted octanol–water partition coefficient (Wildman–Crippen LogP) is 1.26. The van der Waals surface area contributed by atoms with E-state index in [1.165, 1.54) is 4.31 Å². The van der Waals surface area contributed by atoms with Gasteiger partial charge in [0.2, 0.25) is 5.91 Å². The zero-order chi connectivity index (χ0) is 16.4. The Morgan fingerprint density at radius 1 is 1.39 bits per heavy atom. The number of carbonyl (C=O) groups is 1. The monoisotopic (exact) mass is 341 g/mol. The zero-order valence-corrected chi connectivity index (χ0v) is 14.1. The molecule has 3 heterocycles. The molecule has 0 spiro atoms. The molecule has 1 N–H and O–H groups in total. The highest BCUT2D eigenvalue weighted by Crippen LogP contribution is 2.34. The van der Waals surface area contributed by atoms with Gasteiger partial charge in [0.15, 0.2) is 0 Å². The van der Waals surface area contributed by atoms with Crippen molar-refractivity contribution in [1.29, 1.82) is 0 Å². The molecule has 0 unspecified atom stereocenters. The summed E-state index contributed by atoms with van der Waals surface area (Å²) in [6.45, 7) is 3.40. The Morgan fingerprint density at radius 3 is 2.87 bits per heavy atom. The quantitative estimate of drug-likeness (QED) is 0.844. The Bertz CT molecular complexity index is 644. The van der Waals surface area contributed by atoms with Crippen LogP contribution in [0.1, 0.15) is 44.4 Å². The second-order valence-corrected chi connectivity index (χ2v) is 7.91. The van der Waals surface area contributed by atoms with Gasteiger partial charge in [-0.25, -0.2) is 0 Å². The molecule has 8 heteroatoms. The van der Waals surface area contributed by atoms with Crippen molar-refractivity contribution in [3.8, 4) is 0 Å². The molecule has 23 heavy (non-hydrogen) atoms. The van der Waals surface area contributed by atoms with E-state index in [1.807, 2.05) is 6.07 Å². The van der Waals surface area contributed by atoms with Crippen LogP contribution in [0.5, 0.6) is 0 Å². The fourth-order valence-corrected chi connectivity index (χ4v) is 5.01. The predicted molar refractivity (Wildman–Crippen MR) is 84.7 cm³/mol. The van der Waals surface area contributed by atoms with Crippen molar-refractivity contribution < 1.29 is 17.6 Å². The van der Waals surface area contributed by atoms with Crippen molar-refractivity contribution in [2.24, 2.45) is 0 Å². The van der Waals surface area contributed by atoms with Gasteiger partial charge in [-0.05, 0) is 38.3 Å². The third kappa shape index (κ3) is 3.59. The molecule has 0 aromatic carbocycles. The lowest BCUT2D eigenvalue weighted by Gasteiger charge is -2.27. The average molecular weight is 341 g/mol. The maximum Gasteiger partial charge on any atom is 0.280 e. The third-order valence-electron chi connectivity index (χ3n) is 4.40. The highest BCUT2D eigenvalue weighted by molar-refractivity contribution is 7.87. The lowest BCUT2D eigenvalue weighted by atomic mass is 10.2. The van der Waals surface area contributed by atoms with E-state index in [0.717, 1.165) is 19.3 Å². The highest BCUT2D eigenvalue weighted by Gasteiger charge is 2.37. The number of likely N-dealkylation sites (tertiary alicyclic amines) is 1. The first-order valence-corrected chi connectivity index (χ1v) is 9.51. The van der Waals surface area contributed by atoms with Gasteiger partial charge in [-0.1, -0.05) is 0 Å². The number of rotatable bonds is 6. The molecule has 2 atom stereocenters. The number of hydrogen-bond donors (Lipinski definition) is 1. The van der Waals surface area contributed by atoms with Crippen LogP contribution in [0.4, 0.5) is 0 Å². The van der Waals surface area contributed by atoms with Crippen LogP contribution >= 0.6 is 0 Å². The SMILES string of the molecule is C[C@H](CN1CCCC1=O)NS(=O)(=O)N1CCC[C@@H]1c1ccco1. The Labute approximate surface area is 136 Å². The fraction of sp³-hybridized carbons (Fsp3) is 0.667. The van der Waals surface area contributed by atoms with Crippen LogP contribution in [0.15, 0.2) is 22.8 Å². The van der Waals surface area contributed by atoms with E-state index in [-0.39, 0.29) is 18.0 Å². The summed E-state index contributed by atoms with van der Waals surface area (Å²) in [5, 5.41) is 0. The largest absolute Gasteiger partial charge is 0.468 e. The van der Waals surface area contributed by atoms with Crippen molar-refractivity contribution in [3.05, 3.63) is 24.2 Å². The maximum absolute atomic E-state index is 12.7. The minimum atomic E-state index is -3.61. The number of amides is 1. The number of nitrogens with zero attached hydrogens (tertiary/aromatic N) is 2. The van der Waals surface area contributed by atoms with Crippen LogP contribution in [-0.2, 0) is 15.0 Å². The summed E-state index contributed by atoms with van der Waals surface area (Å²) in [4.78, 5) is 13.4. The smallest absolute Gasteiger partial charge is 0.280 e. The highest BCUT2D eigenvalue weighted by atomic mass is 32.2. The molecule has 1 aromatic heterocycles. The second-order valence-electron chi connectivity index (χ2n) is 6.25. The first-order valence-electron chi connectivity index (χ1n) is 8.07. The molecule has 0 radical (unpaired) electrons. The molecule has 0 bridgehead atoms. The topological polar surface area (TPSA) is 82.9 Å².